The van der Waals surface area contributed by atoms with Gasteiger partial charge in [-0.15, -0.1) is 0 Å². The van der Waals surface area contributed by atoms with E-state index in [-0.39, 0.29) is 29.5 Å². The number of hydrogen-bond acceptors (Lipinski definition) is 4. The lowest BCUT2D eigenvalue weighted by molar-refractivity contribution is -0.130. The number of sulfone groups is 1. The van der Waals surface area contributed by atoms with Crippen molar-refractivity contribution < 1.29 is 13.2 Å². The molecule has 2 fully saturated rings. The van der Waals surface area contributed by atoms with E-state index < -0.39 is 9.84 Å². The van der Waals surface area contributed by atoms with Crippen LogP contribution in [0.25, 0.3) is 0 Å². The molecule has 1 aromatic rings. The van der Waals surface area contributed by atoms with Crippen molar-refractivity contribution in [3.05, 3.63) is 35.9 Å². The Hall–Kier alpha value is -1.40. The van der Waals surface area contributed by atoms with Gasteiger partial charge in [-0.1, -0.05) is 30.3 Å². The monoisotopic (exact) mass is 308 g/mol. The first kappa shape index (κ1) is 14.5. The van der Waals surface area contributed by atoms with E-state index in [2.05, 4.69) is 17.4 Å². The Morgan fingerprint density at radius 2 is 2.00 bits per heavy atom. The summed E-state index contributed by atoms with van der Waals surface area (Å²) in [5.41, 5.74) is 1.22. The summed E-state index contributed by atoms with van der Waals surface area (Å²) in [4.78, 5) is 14.1. The molecule has 21 heavy (non-hydrogen) atoms. The molecular weight excluding hydrogens is 288 g/mol. The first-order valence-corrected chi connectivity index (χ1v) is 9.15. The van der Waals surface area contributed by atoms with Crippen LogP contribution in [0.3, 0.4) is 0 Å². The van der Waals surface area contributed by atoms with Crippen LogP contribution in [0.15, 0.2) is 30.3 Å². The highest BCUT2D eigenvalue weighted by atomic mass is 32.2. The molecule has 2 saturated heterocycles. The van der Waals surface area contributed by atoms with Crippen LogP contribution < -0.4 is 5.32 Å². The van der Waals surface area contributed by atoms with Gasteiger partial charge in [-0.2, -0.15) is 0 Å². The van der Waals surface area contributed by atoms with Gasteiger partial charge in [0.1, 0.15) is 0 Å². The van der Waals surface area contributed by atoms with Crippen LogP contribution in [0.2, 0.25) is 0 Å². The van der Waals surface area contributed by atoms with Crippen LogP contribution >= 0.6 is 0 Å². The smallest absolute Gasteiger partial charge is 0.241 e. The maximum absolute atomic E-state index is 12.4. The van der Waals surface area contributed by atoms with E-state index >= 15 is 0 Å². The molecule has 0 radical (unpaired) electrons. The van der Waals surface area contributed by atoms with Crippen LogP contribution in [0.5, 0.6) is 0 Å². The summed E-state index contributed by atoms with van der Waals surface area (Å²) < 4.78 is 23.1. The van der Waals surface area contributed by atoms with Gasteiger partial charge in [-0.3, -0.25) is 10.1 Å². The van der Waals surface area contributed by atoms with Crippen LogP contribution in [-0.4, -0.2) is 49.5 Å². The Kier molecular flexibility index (Phi) is 3.99. The second-order valence-electron chi connectivity index (χ2n) is 5.80. The van der Waals surface area contributed by atoms with E-state index in [0.717, 1.165) is 12.8 Å². The number of benzene rings is 1. The minimum absolute atomic E-state index is 0.0491. The second-order valence-corrected chi connectivity index (χ2v) is 8.03. The van der Waals surface area contributed by atoms with Crippen molar-refractivity contribution in [3.63, 3.8) is 0 Å². The molecule has 0 bridgehead atoms. The summed E-state index contributed by atoms with van der Waals surface area (Å²) in [6.07, 6.45) is 2.17. The van der Waals surface area contributed by atoms with Gasteiger partial charge in [0.2, 0.25) is 5.91 Å². The summed E-state index contributed by atoms with van der Waals surface area (Å²) >= 11 is 0. The maximum Gasteiger partial charge on any atom is 0.241 e. The average molecular weight is 308 g/mol. The van der Waals surface area contributed by atoms with Gasteiger partial charge in [-0.25, -0.2) is 8.42 Å². The highest BCUT2D eigenvalue weighted by Gasteiger charge is 2.40. The minimum atomic E-state index is -2.95. The molecule has 2 aliphatic rings. The summed E-state index contributed by atoms with van der Waals surface area (Å²) in [5, 5.41) is 3.21. The first-order chi connectivity index (χ1) is 10.1. The van der Waals surface area contributed by atoms with Crippen molar-refractivity contribution in [1.82, 2.24) is 10.2 Å². The Labute approximate surface area is 125 Å². The van der Waals surface area contributed by atoms with Gasteiger partial charge in [-0.05, 0) is 24.8 Å². The normalized spacial score (nSPS) is 28.2. The minimum Gasteiger partial charge on any atom is -0.325 e. The quantitative estimate of drug-likeness (QED) is 0.883. The SMILES string of the molecule is O=C1C(CCc2ccccc2)NCN1C1CCS(=O)(=O)C1. The van der Waals surface area contributed by atoms with E-state index in [1.165, 1.54) is 5.56 Å². The number of rotatable bonds is 4. The number of nitrogens with one attached hydrogen (secondary N) is 1. The number of nitrogens with zero attached hydrogens (tertiary/aromatic N) is 1. The number of amides is 1. The fourth-order valence-electron chi connectivity index (χ4n) is 3.09. The van der Waals surface area contributed by atoms with Crippen molar-refractivity contribution in [3.8, 4) is 0 Å². The van der Waals surface area contributed by atoms with Gasteiger partial charge < -0.3 is 4.90 Å². The topological polar surface area (TPSA) is 66.5 Å². The predicted octanol–water partition coefficient (Wildman–Crippen LogP) is 0.564. The lowest BCUT2D eigenvalue weighted by Gasteiger charge is -2.21. The van der Waals surface area contributed by atoms with E-state index in [1.54, 1.807) is 4.90 Å². The van der Waals surface area contributed by atoms with Crippen LogP contribution in [0.4, 0.5) is 0 Å². The molecule has 2 aliphatic heterocycles. The molecule has 1 N–H and O–H groups in total. The summed E-state index contributed by atoms with van der Waals surface area (Å²) in [5.74, 6) is 0.370. The molecule has 0 aliphatic carbocycles. The Balaban J connectivity index is 1.57. The standard InChI is InChI=1S/C15H20N2O3S/c18-15-14(7-6-12-4-2-1-3-5-12)16-11-17(15)13-8-9-21(19,20)10-13/h1-5,13-14,16H,6-11H2. The van der Waals surface area contributed by atoms with Crippen molar-refractivity contribution in [2.75, 3.05) is 18.2 Å². The fourth-order valence-corrected chi connectivity index (χ4v) is 4.82. The maximum atomic E-state index is 12.4. The van der Waals surface area contributed by atoms with Gasteiger partial charge in [0, 0.05) is 6.04 Å². The van der Waals surface area contributed by atoms with Crippen molar-refractivity contribution in [1.29, 1.82) is 0 Å². The molecular formula is C15H20N2O3S. The molecule has 1 aromatic carbocycles. The molecule has 6 heteroatoms. The van der Waals surface area contributed by atoms with Crippen molar-refractivity contribution in [2.45, 2.75) is 31.3 Å². The lowest BCUT2D eigenvalue weighted by atomic mass is 10.1. The Morgan fingerprint density at radius 1 is 1.24 bits per heavy atom. The van der Waals surface area contributed by atoms with Gasteiger partial charge in [0.15, 0.2) is 9.84 Å². The van der Waals surface area contributed by atoms with Crippen molar-refractivity contribution in [2.24, 2.45) is 0 Å². The van der Waals surface area contributed by atoms with E-state index in [0.29, 0.717) is 13.1 Å². The van der Waals surface area contributed by atoms with E-state index in [4.69, 9.17) is 0 Å². The zero-order valence-electron chi connectivity index (χ0n) is 11.9. The van der Waals surface area contributed by atoms with E-state index in [1.807, 2.05) is 18.2 Å². The molecule has 0 spiro atoms. The summed E-state index contributed by atoms with van der Waals surface area (Å²) in [6, 6.07) is 9.75. The zero-order chi connectivity index (χ0) is 14.9. The average Bonchev–Trinajstić information content (AvgIpc) is 3.00. The van der Waals surface area contributed by atoms with Gasteiger partial charge >= 0.3 is 0 Å². The fraction of sp³-hybridized carbons (Fsp3) is 0.533. The highest BCUT2D eigenvalue weighted by Crippen LogP contribution is 2.21. The number of carbonyl (C=O) groups excluding carboxylic acids is 1. The molecule has 114 valence electrons. The molecule has 3 rings (SSSR count). The first-order valence-electron chi connectivity index (χ1n) is 7.33. The summed E-state index contributed by atoms with van der Waals surface area (Å²) in [6.45, 7) is 0.471. The molecule has 2 atom stereocenters. The predicted molar refractivity (Wildman–Crippen MR) is 80.5 cm³/mol. The van der Waals surface area contributed by atoms with Crippen LogP contribution in [-0.2, 0) is 21.1 Å². The molecule has 5 nitrogen and oxygen atoms in total. The van der Waals surface area contributed by atoms with E-state index in [9.17, 15) is 13.2 Å². The molecule has 1 amide bonds. The zero-order valence-corrected chi connectivity index (χ0v) is 12.7. The largest absolute Gasteiger partial charge is 0.325 e. The Morgan fingerprint density at radius 3 is 2.67 bits per heavy atom. The Bertz CT molecular complexity index is 615. The molecule has 0 aromatic heterocycles. The third-order valence-electron chi connectivity index (χ3n) is 4.30. The number of carbonyl (C=O) groups is 1. The van der Waals surface area contributed by atoms with Crippen LogP contribution in [0, 0.1) is 0 Å². The third kappa shape index (κ3) is 3.27. The van der Waals surface area contributed by atoms with Gasteiger partial charge in [0.25, 0.3) is 0 Å². The highest BCUT2D eigenvalue weighted by molar-refractivity contribution is 7.91. The number of aryl methyl sites for hydroxylation is 1. The molecule has 2 heterocycles. The lowest BCUT2D eigenvalue weighted by Crippen LogP contribution is -2.39. The molecule has 0 saturated carbocycles. The van der Waals surface area contributed by atoms with Crippen molar-refractivity contribution >= 4 is 15.7 Å². The third-order valence-corrected chi connectivity index (χ3v) is 6.05. The molecule has 2 unspecified atom stereocenters. The second kappa shape index (κ2) is 5.77. The van der Waals surface area contributed by atoms with Gasteiger partial charge in [0.05, 0.1) is 24.2 Å². The summed E-state index contributed by atoms with van der Waals surface area (Å²) in [7, 11) is -2.95. The number of hydrogen-bond donors (Lipinski definition) is 1. The van der Waals surface area contributed by atoms with Crippen LogP contribution in [0.1, 0.15) is 18.4 Å².